The molecule has 0 saturated heterocycles. The molecule has 1 amide bonds. The molecule has 0 aromatic rings. The Morgan fingerprint density at radius 3 is 2.47 bits per heavy atom. The number of aliphatic hydroxyl groups excluding tert-OH is 1. The van der Waals surface area contributed by atoms with E-state index in [9.17, 15) is 14.7 Å². The molecule has 36 heavy (non-hydrogen) atoms. The van der Waals surface area contributed by atoms with Crippen molar-refractivity contribution in [1.29, 1.82) is 0 Å². The Morgan fingerprint density at radius 2 is 1.86 bits per heavy atom. The minimum absolute atomic E-state index is 0.126. The summed E-state index contributed by atoms with van der Waals surface area (Å²) < 4.78 is 5.94. The molecule has 202 valence electrons. The molecule has 0 aromatic carbocycles. The molecule has 3 fully saturated rings. The highest BCUT2D eigenvalue weighted by molar-refractivity contribution is 5.93. The molecule has 0 aliphatic heterocycles. The van der Waals surface area contributed by atoms with Crippen molar-refractivity contribution in [2.45, 2.75) is 104 Å². The number of allylic oxidation sites excluding steroid dienone is 2. The normalized spacial score (nSPS) is 43.1. The van der Waals surface area contributed by atoms with E-state index in [-0.39, 0.29) is 28.6 Å². The average Bonchev–Trinajstić information content (AvgIpc) is 3.16. The number of esters is 1. The van der Waals surface area contributed by atoms with Gasteiger partial charge in [-0.25, -0.2) is 0 Å². The number of carbonyl (C=O) groups excluding carboxylic acids is 2. The Kier molecular flexibility index (Phi) is 7.53. The summed E-state index contributed by atoms with van der Waals surface area (Å²) in [6, 6.07) is -0.140. The number of nitrogens with zero attached hydrogens (tertiary/aromatic N) is 1. The van der Waals surface area contributed by atoms with Crippen molar-refractivity contribution in [1.82, 2.24) is 10.2 Å². The van der Waals surface area contributed by atoms with Crippen LogP contribution in [-0.4, -0.2) is 60.3 Å². The third-order valence-electron chi connectivity index (χ3n) is 11.0. The van der Waals surface area contributed by atoms with E-state index < -0.39 is 18.2 Å². The van der Waals surface area contributed by atoms with Crippen molar-refractivity contribution in [3.63, 3.8) is 0 Å². The molecule has 0 bridgehead atoms. The number of carbonyl (C=O) groups is 2. The van der Waals surface area contributed by atoms with E-state index >= 15 is 0 Å². The average molecular weight is 501 g/mol. The number of fused-ring (bicyclic) bond motifs is 5. The molecule has 4 rings (SSSR count). The molecule has 6 nitrogen and oxygen atoms in total. The summed E-state index contributed by atoms with van der Waals surface area (Å²) in [5.74, 6) is 1.29. The predicted molar refractivity (Wildman–Crippen MR) is 142 cm³/mol. The van der Waals surface area contributed by atoms with Crippen molar-refractivity contribution >= 4 is 11.9 Å². The van der Waals surface area contributed by atoms with Gasteiger partial charge in [0.15, 0.2) is 0 Å². The van der Waals surface area contributed by atoms with Gasteiger partial charge in [0, 0.05) is 24.5 Å². The quantitative estimate of drug-likeness (QED) is 0.331. The van der Waals surface area contributed by atoms with Crippen LogP contribution >= 0.6 is 0 Å². The fraction of sp³-hybridized carbons (Fsp3) is 0.800. The number of hydrogen-bond acceptors (Lipinski definition) is 5. The maximum Gasteiger partial charge on any atom is 0.302 e. The number of amides is 1. The van der Waals surface area contributed by atoms with Crippen molar-refractivity contribution in [2.24, 2.45) is 34.5 Å². The maximum atomic E-state index is 12.7. The van der Waals surface area contributed by atoms with E-state index in [0.717, 1.165) is 25.7 Å². The van der Waals surface area contributed by atoms with E-state index in [0.29, 0.717) is 35.8 Å². The van der Waals surface area contributed by atoms with Crippen LogP contribution in [0.15, 0.2) is 23.3 Å². The highest BCUT2D eigenvalue weighted by Gasteiger charge is 2.63. The summed E-state index contributed by atoms with van der Waals surface area (Å²) in [5.41, 5.74) is 2.31. The second kappa shape index (κ2) is 9.90. The van der Waals surface area contributed by atoms with Crippen LogP contribution in [0.25, 0.3) is 0 Å². The zero-order valence-corrected chi connectivity index (χ0v) is 23.6. The highest BCUT2D eigenvalue weighted by Crippen LogP contribution is 2.67. The van der Waals surface area contributed by atoms with Crippen LogP contribution in [0.4, 0.5) is 0 Å². The van der Waals surface area contributed by atoms with Crippen LogP contribution in [0, 0.1) is 34.5 Å². The second-order valence-electron chi connectivity index (χ2n) is 12.9. The Hall–Kier alpha value is -1.66. The SMILES string of the molecule is C/C=C(\C)C(=O)N[C@@H]1[C@H](OC(C)=O)[C@@H]2CC[C@@H]3[C@H](CC[C@]4(C)C([C@H](C)N(C)C)=CC[C@@H]34)[C@@]2(C)C[C@@H]1O. The predicted octanol–water partition coefficient (Wildman–Crippen LogP) is 4.48. The molecular weight excluding hydrogens is 452 g/mol. The minimum Gasteiger partial charge on any atom is -0.460 e. The summed E-state index contributed by atoms with van der Waals surface area (Å²) in [5, 5.41) is 14.4. The molecule has 0 unspecified atom stereocenters. The lowest BCUT2D eigenvalue weighted by molar-refractivity contribution is -0.194. The Balaban J connectivity index is 1.62. The van der Waals surface area contributed by atoms with Crippen molar-refractivity contribution in [2.75, 3.05) is 14.1 Å². The molecular formula is C30H48N2O4. The first-order chi connectivity index (χ1) is 16.8. The number of hydrogen-bond donors (Lipinski definition) is 2. The standard InChI is InChI=1S/C30H48N2O4/c1-9-17(2)28(35)31-26-25(34)16-30(6)23-14-15-29(5)21(18(3)32(7)8)12-13-22(29)20(23)10-11-24(30)27(26)36-19(4)33/h9,12,18,20,22-27,34H,10-11,13-16H2,1-8H3,(H,31,35)/b17-9+/t18-,20-,22-,23-,24-,25-,26-,27+,29+,30+/m0/s1. The molecule has 4 aliphatic rings. The van der Waals surface area contributed by atoms with Crippen LogP contribution in [0.2, 0.25) is 0 Å². The van der Waals surface area contributed by atoms with Gasteiger partial charge in [0.1, 0.15) is 6.10 Å². The molecule has 3 saturated carbocycles. The third kappa shape index (κ3) is 4.36. The number of likely N-dealkylation sites (N-methyl/N-ethyl adjacent to an activating group) is 1. The van der Waals surface area contributed by atoms with Crippen molar-refractivity contribution in [3.05, 3.63) is 23.3 Å². The summed E-state index contributed by atoms with van der Waals surface area (Å²) in [6.07, 6.45) is 9.19. The van der Waals surface area contributed by atoms with Gasteiger partial charge in [0.05, 0.1) is 12.1 Å². The van der Waals surface area contributed by atoms with Crippen LogP contribution in [0.3, 0.4) is 0 Å². The van der Waals surface area contributed by atoms with E-state index in [1.54, 1.807) is 18.6 Å². The van der Waals surface area contributed by atoms with E-state index in [4.69, 9.17) is 4.74 Å². The van der Waals surface area contributed by atoms with Gasteiger partial charge in [-0.3, -0.25) is 9.59 Å². The first-order valence-electron chi connectivity index (χ1n) is 14.0. The molecule has 0 aromatic heterocycles. The molecule has 0 heterocycles. The van der Waals surface area contributed by atoms with E-state index in [1.807, 2.05) is 6.92 Å². The number of nitrogens with one attached hydrogen (secondary N) is 1. The maximum absolute atomic E-state index is 12.7. The summed E-state index contributed by atoms with van der Waals surface area (Å²) in [4.78, 5) is 27.3. The van der Waals surface area contributed by atoms with Gasteiger partial charge in [-0.2, -0.15) is 0 Å². The molecule has 10 atom stereocenters. The first-order valence-corrected chi connectivity index (χ1v) is 14.0. The molecule has 2 N–H and O–H groups in total. The van der Waals surface area contributed by atoms with E-state index in [2.05, 4.69) is 51.2 Å². The highest BCUT2D eigenvalue weighted by atomic mass is 16.5. The molecule has 0 radical (unpaired) electrons. The van der Waals surface area contributed by atoms with Gasteiger partial charge in [0.25, 0.3) is 0 Å². The van der Waals surface area contributed by atoms with Crippen LogP contribution in [-0.2, 0) is 14.3 Å². The lowest BCUT2D eigenvalue weighted by Crippen LogP contribution is -2.66. The summed E-state index contributed by atoms with van der Waals surface area (Å²) in [6.45, 7) is 12.2. The zero-order chi connectivity index (χ0) is 26.6. The fourth-order valence-electron chi connectivity index (χ4n) is 8.82. The van der Waals surface area contributed by atoms with Crippen LogP contribution in [0.1, 0.15) is 80.1 Å². The second-order valence-corrected chi connectivity index (χ2v) is 12.9. The summed E-state index contributed by atoms with van der Waals surface area (Å²) >= 11 is 0. The van der Waals surface area contributed by atoms with Gasteiger partial charge in [-0.15, -0.1) is 0 Å². The van der Waals surface area contributed by atoms with Crippen LogP contribution in [0.5, 0.6) is 0 Å². The number of rotatable bonds is 5. The molecule has 4 aliphatic carbocycles. The summed E-state index contributed by atoms with van der Waals surface area (Å²) in [7, 11) is 4.34. The van der Waals surface area contributed by atoms with Crippen molar-refractivity contribution in [3.8, 4) is 0 Å². The Labute approximate surface area is 217 Å². The van der Waals surface area contributed by atoms with Gasteiger partial charge >= 0.3 is 5.97 Å². The minimum atomic E-state index is -0.748. The third-order valence-corrected chi connectivity index (χ3v) is 11.0. The van der Waals surface area contributed by atoms with Gasteiger partial charge in [0.2, 0.25) is 5.91 Å². The number of ether oxygens (including phenoxy) is 1. The smallest absolute Gasteiger partial charge is 0.302 e. The van der Waals surface area contributed by atoms with Crippen molar-refractivity contribution < 1.29 is 19.4 Å². The Morgan fingerprint density at radius 1 is 1.17 bits per heavy atom. The number of aliphatic hydroxyl groups is 1. The van der Waals surface area contributed by atoms with Gasteiger partial charge in [-0.1, -0.05) is 31.6 Å². The fourth-order valence-corrected chi connectivity index (χ4v) is 8.82. The molecule has 6 heteroatoms. The first kappa shape index (κ1) is 27.4. The van der Waals surface area contributed by atoms with Gasteiger partial charge in [-0.05, 0) is 102 Å². The Bertz CT molecular complexity index is 941. The zero-order valence-electron chi connectivity index (χ0n) is 23.6. The topological polar surface area (TPSA) is 78.9 Å². The molecule has 0 spiro atoms. The van der Waals surface area contributed by atoms with E-state index in [1.165, 1.54) is 13.3 Å². The van der Waals surface area contributed by atoms with Gasteiger partial charge < -0.3 is 20.1 Å². The van der Waals surface area contributed by atoms with Crippen LogP contribution < -0.4 is 5.32 Å². The monoisotopic (exact) mass is 500 g/mol. The lowest BCUT2D eigenvalue weighted by atomic mass is 9.43. The lowest BCUT2D eigenvalue weighted by Gasteiger charge is -2.63. The largest absolute Gasteiger partial charge is 0.460 e.